The summed E-state index contributed by atoms with van der Waals surface area (Å²) in [6, 6.07) is 20.0. The van der Waals surface area contributed by atoms with E-state index in [9.17, 15) is 4.39 Å². The maximum atomic E-state index is 13.2. The Bertz CT molecular complexity index is 1370. The molecule has 0 aliphatic heterocycles. The molecule has 0 bridgehead atoms. The molecule has 0 aliphatic rings. The van der Waals surface area contributed by atoms with Gasteiger partial charge in [-0.1, -0.05) is 36.0 Å². The van der Waals surface area contributed by atoms with Crippen LogP contribution < -0.4 is 11.1 Å². The second-order valence-electron chi connectivity index (χ2n) is 7.18. The first-order valence-corrected chi connectivity index (χ1v) is 12.2. The van der Waals surface area contributed by atoms with Crippen LogP contribution in [0.4, 0.5) is 22.0 Å². The largest absolute Gasteiger partial charge is 0.368 e. The summed E-state index contributed by atoms with van der Waals surface area (Å²) in [4.78, 5) is 14.0. The quantitative estimate of drug-likeness (QED) is 0.297. The van der Waals surface area contributed by atoms with Crippen LogP contribution in [0.25, 0.3) is 5.69 Å². The number of anilines is 3. The van der Waals surface area contributed by atoms with Crippen LogP contribution in [0.1, 0.15) is 16.5 Å². The van der Waals surface area contributed by atoms with E-state index in [0.29, 0.717) is 23.7 Å². The average molecular weight is 491 g/mol. The van der Waals surface area contributed by atoms with Crippen molar-refractivity contribution in [2.45, 2.75) is 17.3 Å². The standard InChI is InChI=1S/C23H19FN8S2/c24-15-8-10-16(11-9-15)26-22-28-19(27-21(25)29-22)14-34-23-31-30-20(13-18-7-4-12-33-18)32(23)17-5-2-1-3-6-17/h1-12H,13-14H2,(H3,25,26,27,28,29). The van der Waals surface area contributed by atoms with Gasteiger partial charge in [0.1, 0.15) is 17.5 Å². The molecule has 0 amide bonds. The number of para-hydroxylation sites is 1. The van der Waals surface area contributed by atoms with Gasteiger partial charge in [-0.25, -0.2) is 4.39 Å². The molecule has 2 aromatic carbocycles. The minimum absolute atomic E-state index is 0.0955. The van der Waals surface area contributed by atoms with Crippen molar-refractivity contribution in [1.29, 1.82) is 0 Å². The minimum Gasteiger partial charge on any atom is -0.368 e. The second-order valence-corrected chi connectivity index (χ2v) is 9.15. The van der Waals surface area contributed by atoms with Crippen LogP contribution in [0.2, 0.25) is 0 Å². The molecule has 0 spiro atoms. The van der Waals surface area contributed by atoms with Gasteiger partial charge in [-0.15, -0.1) is 21.5 Å². The number of benzene rings is 2. The lowest BCUT2D eigenvalue weighted by Gasteiger charge is -2.10. The van der Waals surface area contributed by atoms with E-state index in [0.717, 1.165) is 16.7 Å². The van der Waals surface area contributed by atoms with E-state index in [2.05, 4.69) is 41.9 Å². The number of hydrogen-bond donors (Lipinski definition) is 2. The number of nitrogens with one attached hydrogen (secondary N) is 1. The number of hydrogen-bond acceptors (Lipinski definition) is 9. The average Bonchev–Trinajstić information content (AvgIpc) is 3.50. The molecule has 3 N–H and O–H groups in total. The fourth-order valence-corrected chi connectivity index (χ4v) is 4.79. The number of nitrogens with two attached hydrogens (primary N) is 1. The highest BCUT2D eigenvalue weighted by atomic mass is 32.2. The van der Waals surface area contributed by atoms with Crippen LogP contribution in [0.15, 0.2) is 77.3 Å². The zero-order chi connectivity index (χ0) is 23.3. The van der Waals surface area contributed by atoms with Gasteiger partial charge in [0.25, 0.3) is 0 Å². The van der Waals surface area contributed by atoms with E-state index in [1.165, 1.54) is 28.8 Å². The van der Waals surface area contributed by atoms with Gasteiger partial charge >= 0.3 is 0 Å². The van der Waals surface area contributed by atoms with E-state index < -0.39 is 0 Å². The summed E-state index contributed by atoms with van der Waals surface area (Å²) in [6.07, 6.45) is 0.685. The number of thioether (sulfide) groups is 1. The molecule has 0 unspecified atom stereocenters. The highest BCUT2D eigenvalue weighted by Gasteiger charge is 2.16. The van der Waals surface area contributed by atoms with E-state index in [-0.39, 0.29) is 17.7 Å². The van der Waals surface area contributed by atoms with Crippen molar-refractivity contribution in [3.8, 4) is 5.69 Å². The molecule has 0 saturated carbocycles. The van der Waals surface area contributed by atoms with Crippen LogP contribution in [-0.2, 0) is 12.2 Å². The molecule has 5 rings (SSSR count). The van der Waals surface area contributed by atoms with Crippen LogP contribution >= 0.6 is 23.1 Å². The molecule has 3 heterocycles. The number of thiophene rings is 1. The van der Waals surface area contributed by atoms with Crippen molar-refractivity contribution in [1.82, 2.24) is 29.7 Å². The molecule has 8 nitrogen and oxygen atoms in total. The Balaban J connectivity index is 1.38. The lowest BCUT2D eigenvalue weighted by atomic mass is 10.3. The van der Waals surface area contributed by atoms with Crippen molar-refractivity contribution < 1.29 is 4.39 Å². The maximum Gasteiger partial charge on any atom is 0.232 e. The van der Waals surface area contributed by atoms with Crippen molar-refractivity contribution in [3.05, 3.63) is 94.5 Å². The van der Waals surface area contributed by atoms with Gasteiger partial charge < -0.3 is 11.1 Å². The highest BCUT2D eigenvalue weighted by molar-refractivity contribution is 7.98. The van der Waals surface area contributed by atoms with Crippen molar-refractivity contribution in [2.24, 2.45) is 0 Å². The predicted molar refractivity (Wildman–Crippen MR) is 132 cm³/mol. The third kappa shape index (κ3) is 5.21. The lowest BCUT2D eigenvalue weighted by molar-refractivity contribution is 0.628. The van der Waals surface area contributed by atoms with Crippen molar-refractivity contribution in [2.75, 3.05) is 11.1 Å². The van der Waals surface area contributed by atoms with Gasteiger partial charge in [-0.2, -0.15) is 15.0 Å². The highest BCUT2D eigenvalue weighted by Crippen LogP contribution is 2.26. The molecule has 0 saturated heterocycles. The third-order valence-electron chi connectivity index (χ3n) is 4.76. The second kappa shape index (κ2) is 9.98. The van der Waals surface area contributed by atoms with Crippen molar-refractivity contribution >= 4 is 40.7 Å². The Kier molecular flexibility index (Phi) is 6.45. The van der Waals surface area contributed by atoms with E-state index in [4.69, 9.17) is 5.73 Å². The van der Waals surface area contributed by atoms with E-state index >= 15 is 0 Å². The van der Waals surface area contributed by atoms with Gasteiger partial charge in [0.05, 0.1) is 5.75 Å². The van der Waals surface area contributed by atoms with Crippen LogP contribution in [0.5, 0.6) is 0 Å². The topological polar surface area (TPSA) is 107 Å². The molecule has 0 fully saturated rings. The summed E-state index contributed by atoms with van der Waals surface area (Å²) >= 11 is 3.15. The van der Waals surface area contributed by atoms with Crippen molar-refractivity contribution in [3.63, 3.8) is 0 Å². The molecule has 170 valence electrons. The summed E-state index contributed by atoms with van der Waals surface area (Å²) in [5, 5.41) is 14.7. The first kappa shape index (κ1) is 22.0. The summed E-state index contributed by atoms with van der Waals surface area (Å²) in [7, 11) is 0. The molecule has 34 heavy (non-hydrogen) atoms. The monoisotopic (exact) mass is 490 g/mol. The van der Waals surface area contributed by atoms with Gasteiger partial charge in [0.2, 0.25) is 11.9 Å². The number of aromatic nitrogens is 6. The Labute approximate surface area is 203 Å². The van der Waals surface area contributed by atoms with Crippen LogP contribution in [0, 0.1) is 5.82 Å². The van der Waals surface area contributed by atoms with E-state index in [1.807, 2.05) is 41.0 Å². The zero-order valence-electron chi connectivity index (χ0n) is 17.8. The number of nitrogen functional groups attached to an aromatic ring is 1. The fourth-order valence-electron chi connectivity index (χ4n) is 3.26. The first-order chi connectivity index (χ1) is 16.6. The van der Waals surface area contributed by atoms with Crippen LogP contribution in [-0.4, -0.2) is 29.7 Å². The Hall–Kier alpha value is -3.83. The third-order valence-corrected chi connectivity index (χ3v) is 6.56. The first-order valence-electron chi connectivity index (χ1n) is 10.3. The fraction of sp³-hybridized carbons (Fsp3) is 0.0870. The van der Waals surface area contributed by atoms with Gasteiger partial charge in [0.15, 0.2) is 5.16 Å². The molecular formula is C23H19FN8S2. The summed E-state index contributed by atoms with van der Waals surface area (Å²) in [5.41, 5.74) is 7.53. The van der Waals surface area contributed by atoms with Gasteiger partial charge in [-0.05, 0) is 47.8 Å². The van der Waals surface area contributed by atoms with E-state index in [1.54, 1.807) is 23.5 Å². The zero-order valence-corrected chi connectivity index (χ0v) is 19.4. The Morgan fingerprint density at radius 2 is 1.76 bits per heavy atom. The summed E-state index contributed by atoms with van der Waals surface area (Å²) in [6.45, 7) is 0. The molecule has 0 aliphatic carbocycles. The SMILES string of the molecule is Nc1nc(CSc2nnc(Cc3cccs3)n2-c2ccccc2)nc(Nc2ccc(F)cc2)n1. The van der Waals surface area contributed by atoms with Crippen LogP contribution in [0.3, 0.4) is 0 Å². The molecule has 5 aromatic rings. The maximum absolute atomic E-state index is 13.2. The number of halogens is 1. The molecule has 11 heteroatoms. The summed E-state index contributed by atoms with van der Waals surface area (Å²) in [5.74, 6) is 1.82. The molecule has 0 atom stereocenters. The summed E-state index contributed by atoms with van der Waals surface area (Å²) < 4.78 is 15.2. The molecule has 0 radical (unpaired) electrons. The lowest BCUT2D eigenvalue weighted by Crippen LogP contribution is -2.07. The normalized spacial score (nSPS) is 11.0. The Morgan fingerprint density at radius 1 is 0.941 bits per heavy atom. The van der Waals surface area contributed by atoms with Gasteiger partial charge in [0, 0.05) is 22.7 Å². The van der Waals surface area contributed by atoms with Gasteiger partial charge in [-0.3, -0.25) is 4.57 Å². The molecule has 3 aromatic heterocycles. The number of nitrogens with zero attached hydrogens (tertiary/aromatic N) is 6. The minimum atomic E-state index is -0.321. The smallest absolute Gasteiger partial charge is 0.232 e. The molecular weight excluding hydrogens is 471 g/mol. The predicted octanol–water partition coefficient (Wildman–Crippen LogP) is 4.86. The number of rotatable bonds is 8. The Morgan fingerprint density at radius 3 is 2.53 bits per heavy atom.